The Balaban J connectivity index is 1.79. The van der Waals surface area contributed by atoms with Crippen molar-refractivity contribution in [3.8, 4) is 5.75 Å². The van der Waals surface area contributed by atoms with E-state index in [1.807, 2.05) is 42.5 Å². The third-order valence-electron chi connectivity index (χ3n) is 5.62. The number of thiocarbonyl (C=S) groups is 1. The van der Waals surface area contributed by atoms with Gasteiger partial charge in [0, 0.05) is 37.4 Å². The largest absolute Gasteiger partial charge is 0.495 e. The number of hydrogen-bond acceptors (Lipinski definition) is 5. The number of methoxy groups -OCH3 is 2. The highest BCUT2D eigenvalue weighted by Gasteiger charge is 2.42. The third-order valence-corrected chi connectivity index (χ3v) is 5.93. The van der Waals surface area contributed by atoms with Gasteiger partial charge in [-0.2, -0.15) is 0 Å². The number of pyridine rings is 1. The fourth-order valence-corrected chi connectivity index (χ4v) is 4.52. The lowest BCUT2D eigenvalue weighted by atomic mass is 10.0. The van der Waals surface area contributed by atoms with E-state index in [0.717, 1.165) is 23.6 Å². The summed E-state index contributed by atoms with van der Waals surface area (Å²) in [6, 6.07) is 15.4. The topological polar surface area (TPSA) is 80.7 Å². The van der Waals surface area contributed by atoms with Gasteiger partial charge in [0.2, 0.25) is 5.91 Å². The summed E-state index contributed by atoms with van der Waals surface area (Å²) in [5.41, 5.74) is 3.39. The fraction of sp³-hybridized carbons (Fsp3) is 0.292. The number of amides is 1. The molecule has 1 saturated heterocycles. The molecule has 0 saturated carbocycles. The molecule has 0 unspecified atom stereocenters. The first-order valence-corrected chi connectivity index (χ1v) is 11.1. The summed E-state index contributed by atoms with van der Waals surface area (Å²) in [6.07, 6.45) is 3.85. The number of carbonyl (C=O) groups excluding carboxylic acids is 1. The van der Waals surface area contributed by atoms with Gasteiger partial charge in [-0.1, -0.05) is 6.07 Å². The summed E-state index contributed by atoms with van der Waals surface area (Å²) in [6.45, 7) is 2.89. The first kappa shape index (κ1) is 22.8. The predicted molar refractivity (Wildman–Crippen MR) is 132 cm³/mol. The predicted octanol–water partition coefficient (Wildman–Crippen LogP) is 3.67. The summed E-state index contributed by atoms with van der Waals surface area (Å²) in [4.78, 5) is 18.9. The van der Waals surface area contributed by atoms with Crippen molar-refractivity contribution in [3.63, 3.8) is 0 Å². The van der Waals surface area contributed by atoms with Gasteiger partial charge < -0.3 is 29.6 Å². The van der Waals surface area contributed by atoms with E-state index in [0.29, 0.717) is 16.5 Å². The zero-order valence-electron chi connectivity index (χ0n) is 18.8. The van der Waals surface area contributed by atoms with Crippen LogP contribution in [0.1, 0.15) is 30.4 Å². The molecule has 2 N–H and O–H groups in total. The molecule has 1 amide bonds. The van der Waals surface area contributed by atoms with Gasteiger partial charge in [0.05, 0.1) is 24.5 Å². The summed E-state index contributed by atoms with van der Waals surface area (Å²) in [5.74, 6) is 0.286. The monoisotopic (exact) mass is 465 g/mol. The molecule has 2 atom stereocenters. The van der Waals surface area contributed by atoms with E-state index in [2.05, 4.69) is 44.3 Å². The standard InChI is InChI=1S/C24H27N5O3S/c1-4-28-13-7-9-19(28)23-22(17-8-5-6-12-25-17)27-24(33)29(23)16-10-11-20(32-3)18(14-16)26-21(30)15-31-2/h5-14,22-23H,4,15H2,1-3H3,(H,26,30)(H,27,33)/t22-,23-/m1/s1. The Bertz CT molecular complexity index is 1130. The second kappa shape index (κ2) is 10.0. The Hall–Kier alpha value is -3.43. The van der Waals surface area contributed by atoms with Crippen molar-refractivity contribution in [2.45, 2.75) is 25.6 Å². The molecule has 0 radical (unpaired) electrons. The average molecular weight is 466 g/mol. The van der Waals surface area contributed by atoms with Crippen molar-refractivity contribution in [3.05, 3.63) is 72.3 Å². The SMILES string of the molecule is CCn1cccc1[C@@H]1[C@@H](c2ccccn2)NC(=S)N1c1ccc(OC)c(NC(=O)COC)c1. The molecule has 172 valence electrons. The smallest absolute Gasteiger partial charge is 0.250 e. The van der Waals surface area contributed by atoms with Gasteiger partial charge in [-0.05, 0) is 61.6 Å². The summed E-state index contributed by atoms with van der Waals surface area (Å²) in [5, 5.41) is 6.90. The van der Waals surface area contributed by atoms with E-state index in [-0.39, 0.29) is 24.6 Å². The molecule has 1 aliphatic heterocycles. The maximum absolute atomic E-state index is 12.2. The molecule has 4 rings (SSSR count). The molecule has 9 heteroatoms. The van der Waals surface area contributed by atoms with Crippen LogP contribution in [0.5, 0.6) is 5.75 Å². The summed E-state index contributed by atoms with van der Waals surface area (Å²) in [7, 11) is 3.05. The highest BCUT2D eigenvalue weighted by molar-refractivity contribution is 7.80. The van der Waals surface area contributed by atoms with Crippen LogP contribution in [0.25, 0.3) is 0 Å². The van der Waals surface area contributed by atoms with Crippen molar-refractivity contribution >= 4 is 34.6 Å². The molecule has 2 aromatic heterocycles. The highest BCUT2D eigenvalue weighted by Crippen LogP contribution is 2.43. The van der Waals surface area contributed by atoms with E-state index in [4.69, 9.17) is 21.7 Å². The molecule has 3 heterocycles. The van der Waals surface area contributed by atoms with Crippen molar-refractivity contribution in [2.75, 3.05) is 31.0 Å². The Morgan fingerprint density at radius 3 is 2.76 bits per heavy atom. The molecule has 3 aromatic rings. The van der Waals surface area contributed by atoms with E-state index >= 15 is 0 Å². The molecular formula is C24H27N5O3S. The van der Waals surface area contributed by atoms with Gasteiger partial charge in [-0.3, -0.25) is 9.78 Å². The van der Waals surface area contributed by atoms with Gasteiger partial charge in [-0.25, -0.2) is 0 Å². The fourth-order valence-electron chi connectivity index (χ4n) is 4.18. The molecule has 33 heavy (non-hydrogen) atoms. The van der Waals surface area contributed by atoms with Crippen LogP contribution in [-0.2, 0) is 16.1 Å². The summed E-state index contributed by atoms with van der Waals surface area (Å²) < 4.78 is 12.6. The van der Waals surface area contributed by atoms with E-state index in [1.165, 1.54) is 7.11 Å². The van der Waals surface area contributed by atoms with Crippen LogP contribution in [0.2, 0.25) is 0 Å². The molecule has 0 bridgehead atoms. The third kappa shape index (κ3) is 4.55. The number of anilines is 2. The number of aromatic nitrogens is 2. The van der Waals surface area contributed by atoms with Crippen LogP contribution in [0.4, 0.5) is 11.4 Å². The van der Waals surface area contributed by atoms with Crippen LogP contribution in [0, 0.1) is 0 Å². The molecule has 0 aliphatic carbocycles. The van der Waals surface area contributed by atoms with E-state index < -0.39 is 0 Å². The van der Waals surface area contributed by atoms with Gasteiger partial charge in [0.15, 0.2) is 5.11 Å². The second-order valence-corrected chi connectivity index (χ2v) is 7.97. The minimum absolute atomic E-state index is 0.0501. The van der Waals surface area contributed by atoms with Crippen LogP contribution in [0.15, 0.2) is 60.9 Å². The van der Waals surface area contributed by atoms with Gasteiger partial charge in [0.25, 0.3) is 0 Å². The minimum Gasteiger partial charge on any atom is -0.495 e. The zero-order chi connectivity index (χ0) is 23.4. The Morgan fingerprint density at radius 2 is 2.06 bits per heavy atom. The quantitative estimate of drug-likeness (QED) is 0.491. The minimum atomic E-state index is -0.266. The van der Waals surface area contributed by atoms with Crippen LogP contribution in [0.3, 0.4) is 0 Å². The normalized spacial score (nSPS) is 17.7. The van der Waals surface area contributed by atoms with Crippen molar-refractivity contribution < 1.29 is 14.3 Å². The molecule has 1 fully saturated rings. The van der Waals surface area contributed by atoms with Gasteiger partial charge >= 0.3 is 0 Å². The first-order valence-electron chi connectivity index (χ1n) is 10.7. The van der Waals surface area contributed by atoms with Crippen LogP contribution < -0.4 is 20.3 Å². The number of nitrogens with one attached hydrogen (secondary N) is 2. The molecule has 8 nitrogen and oxygen atoms in total. The second-order valence-electron chi connectivity index (χ2n) is 7.58. The first-order chi connectivity index (χ1) is 16.1. The Labute approximate surface area is 198 Å². The molecule has 0 spiro atoms. The lowest BCUT2D eigenvalue weighted by Gasteiger charge is -2.29. The lowest BCUT2D eigenvalue weighted by molar-refractivity contribution is -0.119. The van der Waals surface area contributed by atoms with Crippen molar-refractivity contribution in [1.82, 2.24) is 14.9 Å². The Morgan fingerprint density at radius 1 is 1.21 bits per heavy atom. The molecule has 1 aliphatic rings. The highest BCUT2D eigenvalue weighted by atomic mass is 32.1. The maximum Gasteiger partial charge on any atom is 0.250 e. The van der Waals surface area contributed by atoms with Gasteiger partial charge in [0.1, 0.15) is 18.4 Å². The lowest BCUT2D eigenvalue weighted by Crippen LogP contribution is -2.30. The Kier molecular flexibility index (Phi) is 6.90. The maximum atomic E-state index is 12.2. The molecule has 1 aromatic carbocycles. The zero-order valence-corrected chi connectivity index (χ0v) is 19.6. The average Bonchev–Trinajstić information content (AvgIpc) is 3.43. The number of aryl methyl sites for hydroxylation is 1. The molecular weight excluding hydrogens is 438 g/mol. The number of rotatable bonds is 8. The number of carbonyl (C=O) groups is 1. The van der Waals surface area contributed by atoms with Crippen molar-refractivity contribution in [1.29, 1.82) is 0 Å². The van der Waals surface area contributed by atoms with Gasteiger partial charge in [-0.15, -0.1) is 0 Å². The van der Waals surface area contributed by atoms with E-state index in [1.54, 1.807) is 13.3 Å². The van der Waals surface area contributed by atoms with Crippen LogP contribution >= 0.6 is 12.2 Å². The number of nitrogens with zero attached hydrogens (tertiary/aromatic N) is 3. The summed E-state index contributed by atoms with van der Waals surface area (Å²) >= 11 is 5.80. The van der Waals surface area contributed by atoms with E-state index in [9.17, 15) is 4.79 Å². The number of ether oxygens (including phenoxy) is 2. The van der Waals surface area contributed by atoms with Crippen molar-refractivity contribution in [2.24, 2.45) is 0 Å². The van der Waals surface area contributed by atoms with Crippen LogP contribution in [-0.4, -0.2) is 41.4 Å². The number of hydrogen-bond donors (Lipinski definition) is 2. The number of benzene rings is 1.